The van der Waals surface area contributed by atoms with Crippen molar-refractivity contribution in [2.24, 2.45) is 5.73 Å². The molecule has 2 aromatic carbocycles. The third-order valence-electron chi connectivity index (χ3n) is 3.95. The highest BCUT2D eigenvalue weighted by molar-refractivity contribution is 6.05. The minimum absolute atomic E-state index is 0.0981. The number of ether oxygens (including phenoxy) is 1. The molecule has 7 nitrogen and oxygen atoms in total. The fourth-order valence-electron chi connectivity index (χ4n) is 2.65. The molecule has 1 heterocycles. The third kappa shape index (κ3) is 3.98. The van der Waals surface area contributed by atoms with E-state index in [-0.39, 0.29) is 11.4 Å². The normalized spacial score (nSPS) is 10.4. The number of carbonyl (C=O) groups is 2. The highest BCUT2D eigenvalue weighted by Gasteiger charge is 2.19. The Kier molecular flexibility index (Phi) is 5.21. The molecule has 0 saturated carbocycles. The van der Waals surface area contributed by atoms with E-state index < -0.39 is 11.8 Å². The van der Waals surface area contributed by atoms with E-state index in [2.05, 4.69) is 10.4 Å². The molecule has 7 heteroatoms. The number of aromatic nitrogens is 2. The minimum atomic E-state index is -0.664. The first kappa shape index (κ1) is 18.2. The van der Waals surface area contributed by atoms with Gasteiger partial charge < -0.3 is 15.8 Å². The van der Waals surface area contributed by atoms with E-state index in [1.165, 1.54) is 10.7 Å². The molecule has 3 aromatic rings. The number of nitrogens with one attached hydrogen (secondary N) is 1. The minimum Gasteiger partial charge on any atom is -0.494 e. The van der Waals surface area contributed by atoms with Crippen LogP contribution in [0.1, 0.15) is 33.5 Å². The van der Waals surface area contributed by atoms with Crippen molar-refractivity contribution in [1.29, 1.82) is 0 Å². The van der Waals surface area contributed by atoms with Gasteiger partial charge in [0.2, 0.25) is 0 Å². The molecule has 3 rings (SSSR count). The lowest BCUT2D eigenvalue weighted by atomic mass is 10.2. The summed E-state index contributed by atoms with van der Waals surface area (Å²) < 4.78 is 6.81. The van der Waals surface area contributed by atoms with E-state index in [0.717, 1.165) is 11.3 Å². The lowest BCUT2D eigenvalue weighted by Gasteiger charge is -2.09. The molecular weight excluding hydrogens is 344 g/mol. The molecule has 3 N–H and O–H groups in total. The second-order valence-corrected chi connectivity index (χ2v) is 5.89. The standard InChI is InChI=1S/C20H20N4O3/c1-3-27-15-9-10-16(13(2)11-15)22-20(26)17-12-18(19(21)25)24(23-17)14-7-5-4-6-8-14/h4-12H,3H2,1-2H3,(H2,21,25)(H,22,26). The number of rotatable bonds is 6. The van der Waals surface area contributed by atoms with Gasteiger partial charge in [0.15, 0.2) is 5.69 Å². The number of nitrogens with two attached hydrogens (primary N) is 1. The van der Waals surface area contributed by atoms with Gasteiger partial charge >= 0.3 is 0 Å². The van der Waals surface area contributed by atoms with E-state index in [4.69, 9.17) is 10.5 Å². The molecule has 0 aliphatic carbocycles. The first-order chi connectivity index (χ1) is 13.0. The maximum absolute atomic E-state index is 12.6. The monoisotopic (exact) mass is 364 g/mol. The van der Waals surface area contributed by atoms with Gasteiger partial charge in [-0.05, 0) is 49.7 Å². The molecule has 0 aliphatic heterocycles. The van der Waals surface area contributed by atoms with Gasteiger partial charge in [-0.15, -0.1) is 0 Å². The highest BCUT2D eigenvalue weighted by atomic mass is 16.5. The van der Waals surface area contributed by atoms with Gasteiger partial charge in [-0.2, -0.15) is 5.10 Å². The Balaban J connectivity index is 1.88. The zero-order chi connectivity index (χ0) is 19.4. The summed E-state index contributed by atoms with van der Waals surface area (Å²) in [6.07, 6.45) is 0. The van der Waals surface area contributed by atoms with Crippen molar-refractivity contribution in [3.8, 4) is 11.4 Å². The van der Waals surface area contributed by atoms with Crippen molar-refractivity contribution in [2.45, 2.75) is 13.8 Å². The molecule has 138 valence electrons. The summed E-state index contributed by atoms with van der Waals surface area (Å²) in [5.41, 5.74) is 7.81. The zero-order valence-corrected chi connectivity index (χ0v) is 15.1. The fraction of sp³-hybridized carbons (Fsp3) is 0.150. The SMILES string of the molecule is CCOc1ccc(NC(=O)c2cc(C(N)=O)n(-c3ccccc3)n2)c(C)c1. The largest absolute Gasteiger partial charge is 0.494 e. The van der Waals surface area contributed by atoms with Gasteiger partial charge in [0, 0.05) is 11.8 Å². The summed E-state index contributed by atoms with van der Waals surface area (Å²) in [7, 11) is 0. The Hall–Kier alpha value is -3.61. The Morgan fingerprint density at radius 3 is 2.52 bits per heavy atom. The van der Waals surface area contributed by atoms with E-state index in [0.29, 0.717) is 18.0 Å². The van der Waals surface area contributed by atoms with Crippen LogP contribution in [0.15, 0.2) is 54.6 Å². The number of aryl methyl sites for hydroxylation is 1. The van der Waals surface area contributed by atoms with Crippen LogP contribution in [0.25, 0.3) is 5.69 Å². The lowest BCUT2D eigenvalue weighted by molar-refractivity contribution is 0.0991. The van der Waals surface area contributed by atoms with Crippen LogP contribution in [-0.4, -0.2) is 28.2 Å². The number of para-hydroxylation sites is 1. The van der Waals surface area contributed by atoms with Crippen molar-refractivity contribution in [2.75, 3.05) is 11.9 Å². The van der Waals surface area contributed by atoms with Gasteiger partial charge in [0.05, 0.1) is 12.3 Å². The number of hydrogen-bond acceptors (Lipinski definition) is 4. The Morgan fingerprint density at radius 1 is 1.15 bits per heavy atom. The molecule has 0 saturated heterocycles. The average molecular weight is 364 g/mol. The summed E-state index contributed by atoms with van der Waals surface area (Å²) >= 11 is 0. The topological polar surface area (TPSA) is 99.2 Å². The van der Waals surface area contributed by atoms with Crippen LogP contribution >= 0.6 is 0 Å². The first-order valence-electron chi connectivity index (χ1n) is 8.49. The van der Waals surface area contributed by atoms with Crippen LogP contribution in [0.5, 0.6) is 5.75 Å². The maximum atomic E-state index is 12.6. The molecule has 0 spiro atoms. The van der Waals surface area contributed by atoms with Crippen LogP contribution in [0.2, 0.25) is 0 Å². The number of carbonyl (C=O) groups excluding carboxylic acids is 2. The van der Waals surface area contributed by atoms with E-state index in [1.807, 2.05) is 38.1 Å². The molecule has 0 bridgehead atoms. The molecule has 0 aliphatic rings. The number of nitrogens with zero attached hydrogens (tertiary/aromatic N) is 2. The molecule has 27 heavy (non-hydrogen) atoms. The molecule has 0 atom stereocenters. The molecular formula is C20H20N4O3. The summed E-state index contributed by atoms with van der Waals surface area (Å²) in [4.78, 5) is 24.4. The zero-order valence-electron chi connectivity index (χ0n) is 15.1. The maximum Gasteiger partial charge on any atom is 0.276 e. The highest BCUT2D eigenvalue weighted by Crippen LogP contribution is 2.22. The van der Waals surface area contributed by atoms with Crippen LogP contribution in [0, 0.1) is 6.92 Å². The van der Waals surface area contributed by atoms with Crippen molar-refractivity contribution in [3.05, 3.63) is 71.5 Å². The van der Waals surface area contributed by atoms with Gasteiger partial charge in [-0.3, -0.25) is 9.59 Å². The summed E-state index contributed by atoms with van der Waals surface area (Å²) in [5, 5.41) is 7.06. The van der Waals surface area contributed by atoms with Crippen LogP contribution in [-0.2, 0) is 0 Å². The Morgan fingerprint density at radius 2 is 1.89 bits per heavy atom. The number of amides is 2. The Labute approximate surface area is 156 Å². The second kappa shape index (κ2) is 7.74. The quantitative estimate of drug-likeness (QED) is 0.702. The molecule has 0 unspecified atom stereocenters. The molecule has 0 radical (unpaired) electrons. The summed E-state index contributed by atoms with van der Waals surface area (Å²) in [6.45, 7) is 4.35. The molecule has 2 amide bonds. The summed E-state index contributed by atoms with van der Waals surface area (Å²) in [6, 6.07) is 15.8. The van der Waals surface area contributed by atoms with Gasteiger partial charge in [-0.1, -0.05) is 18.2 Å². The van der Waals surface area contributed by atoms with Crippen molar-refractivity contribution >= 4 is 17.5 Å². The van der Waals surface area contributed by atoms with Crippen molar-refractivity contribution < 1.29 is 14.3 Å². The predicted octanol–water partition coefficient (Wildman–Crippen LogP) is 2.93. The Bertz CT molecular complexity index is 980. The number of anilines is 1. The van der Waals surface area contributed by atoms with Crippen LogP contribution in [0.4, 0.5) is 5.69 Å². The first-order valence-corrected chi connectivity index (χ1v) is 8.49. The van der Waals surface area contributed by atoms with Gasteiger partial charge in [0.1, 0.15) is 11.4 Å². The van der Waals surface area contributed by atoms with Gasteiger partial charge in [0.25, 0.3) is 11.8 Å². The average Bonchev–Trinajstić information content (AvgIpc) is 3.11. The smallest absolute Gasteiger partial charge is 0.276 e. The predicted molar refractivity (Wildman–Crippen MR) is 102 cm³/mol. The second-order valence-electron chi connectivity index (χ2n) is 5.89. The molecule has 0 fully saturated rings. The van der Waals surface area contributed by atoms with Crippen LogP contribution < -0.4 is 15.8 Å². The van der Waals surface area contributed by atoms with Crippen molar-refractivity contribution in [1.82, 2.24) is 9.78 Å². The number of primary amides is 1. The van der Waals surface area contributed by atoms with E-state index in [9.17, 15) is 9.59 Å². The molecule has 1 aromatic heterocycles. The number of benzene rings is 2. The summed E-state index contributed by atoms with van der Waals surface area (Å²) in [5.74, 6) is -0.362. The van der Waals surface area contributed by atoms with Gasteiger partial charge in [-0.25, -0.2) is 4.68 Å². The van der Waals surface area contributed by atoms with Crippen molar-refractivity contribution in [3.63, 3.8) is 0 Å². The lowest BCUT2D eigenvalue weighted by Crippen LogP contribution is -2.16. The number of hydrogen-bond donors (Lipinski definition) is 2. The van der Waals surface area contributed by atoms with Crippen LogP contribution in [0.3, 0.4) is 0 Å². The fourth-order valence-corrected chi connectivity index (χ4v) is 2.65. The third-order valence-corrected chi connectivity index (χ3v) is 3.95. The van der Waals surface area contributed by atoms with E-state index >= 15 is 0 Å². The van der Waals surface area contributed by atoms with E-state index in [1.54, 1.807) is 24.3 Å².